The van der Waals surface area contributed by atoms with Gasteiger partial charge in [0.05, 0.1) is 5.69 Å². The summed E-state index contributed by atoms with van der Waals surface area (Å²) in [7, 11) is 0. The number of benzene rings is 1. The Morgan fingerprint density at radius 1 is 1.35 bits per heavy atom. The van der Waals surface area contributed by atoms with E-state index in [4.69, 9.17) is 0 Å². The summed E-state index contributed by atoms with van der Waals surface area (Å²) in [6.07, 6.45) is 4.56. The van der Waals surface area contributed by atoms with Crippen LogP contribution < -0.4 is 5.32 Å². The topological polar surface area (TPSA) is 29.9 Å². The molecule has 0 bridgehead atoms. The molecule has 1 heterocycles. The molecule has 4 heteroatoms. The van der Waals surface area contributed by atoms with Crippen LogP contribution in [0.5, 0.6) is 0 Å². The lowest BCUT2D eigenvalue weighted by Crippen LogP contribution is -2.20. The van der Waals surface area contributed by atoms with Gasteiger partial charge < -0.3 is 9.88 Å². The Morgan fingerprint density at radius 3 is 2.85 bits per heavy atom. The normalized spacial score (nSPS) is 11.2. The fourth-order valence-electron chi connectivity index (χ4n) is 2.24. The van der Waals surface area contributed by atoms with Crippen molar-refractivity contribution in [1.29, 1.82) is 0 Å². The third kappa shape index (κ3) is 3.45. The van der Waals surface area contributed by atoms with Crippen LogP contribution in [0.1, 0.15) is 32.2 Å². The molecule has 0 aliphatic rings. The molecule has 2 aromatic rings. The number of rotatable bonds is 6. The van der Waals surface area contributed by atoms with E-state index in [-0.39, 0.29) is 5.82 Å². The lowest BCUT2D eigenvalue weighted by atomic mass is 10.1. The number of halogens is 1. The summed E-state index contributed by atoms with van der Waals surface area (Å²) in [6, 6.07) is 4.92. The lowest BCUT2D eigenvalue weighted by molar-refractivity contribution is 0.549. The molecule has 0 fully saturated rings. The summed E-state index contributed by atoms with van der Waals surface area (Å²) in [5, 5.41) is 3.37. The fraction of sp³-hybridized carbons (Fsp3) is 0.438. The van der Waals surface area contributed by atoms with Gasteiger partial charge in [-0.1, -0.05) is 20.8 Å². The van der Waals surface area contributed by atoms with Crippen molar-refractivity contribution in [2.45, 2.75) is 33.7 Å². The van der Waals surface area contributed by atoms with Gasteiger partial charge in [-0.15, -0.1) is 0 Å². The van der Waals surface area contributed by atoms with Gasteiger partial charge in [0.25, 0.3) is 0 Å². The Labute approximate surface area is 119 Å². The number of aryl methyl sites for hydroxylation is 1. The molecule has 0 aliphatic carbocycles. The van der Waals surface area contributed by atoms with Gasteiger partial charge in [-0.05, 0) is 36.2 Å². The molecule has 1 N–H and O–H groups in total. The Balaban J connectivity index is 2.28. The van der Waals surface area contributed by atoms with Crippen molar-refractivity contribution >= 4 is 0 Å². The van der Waals surface area contributed by atoms with Crippen LogP contribution in [0.4, 0.5) is 4.39 Å². The van der Waals surface area contributed by atoms with E-state index in [9.17, 15) is 4.39 Å². The zero-order valence-electron chi connectivity index (χ0n) is 12.4. The molecular weight excluding hydrogens is 253 g/mol. The summed E-state index contributed by atoms with van der Waals surface area (Å²) in [5.74, 6) is 1.36. The molecule has 1 aromatic heterocycles. The second kappa shape index (κ2) is 6.66. The van der Waals surface area contributed by atoms with E-state index in [1.54, 1.807) is 12.3 Å². The highest BCUT2D eigenvalue weighted by Crippen LogP contribution is 2.18. The van der Waals surface area contributed by atoms with Crippen LogP contribution in [-0.2, 0) is 13.0 Å². The van der Waals surface area contributed by atoms with Crippen molar-refractivity contribution in [1.82, 2.24) is 14.9 Å². The predicted molar refractivity (Wildman–Crippen MR) is 79.4 cm³/mol. The molecule has 0 aliphatic heterocycles. The molecule has 0 saturated heterocycles. The quantitative estimate of drug-likeness (QED) is 0.876. The minimum absolute atomic E-state index is 0.201. The van der Waals surface area contributed by atoms with E-state index in [1.165, 1.54) is 6.07 Å². The van der Waals surface area contributed by atoms with Crippen molar-refractivity contribution in [2.24, 2.45) is 5.92 Å². The molecule has 108 valence electrons. The van der Waals surface area contributed by atoms with Crippen LogP contribution in [0.2, 0.25) is 0 Å². The van der Waals surface area contributed by atoms with Gasteiger partial charge in [0.1, 0.15) is 11.6 Å². The fourth-order valence-corrected chi connectivity index (χ4v) is 2.24. The zero-order chi connectivity index (χ0) is 14.5. The minimum Gasteiger partial charge on any atom is -0.312 e. The van der Waals surface area contributed by atoms with Crippen molar-refractivity contribution in [3.05, 3.63) is 47.8 Å². The van der Waals surface area contributed by atoms with E-state index < -0.39 is 0 Å². The summed E-state index contributed by atoms with van der Waals surface area (Å²) in [5.41, 5.74) is 1.95. The highest BCUT2D eigenvalue weighted by Gasteiger charge is 2.09. The number of aromatic nitrogens is 2. The summed E-state index contributed by atoms with van der Waals surface area (Å²) >= 11 is 0. The SMILES string of the molecule is CCc1nccn1-c1ccc(F)cc1CNCC(C)C. The highest BCUT2D eigenvalue weighted by molar-refractivity contribution is 5.42. The van der Waals surface area contributed by atoms with Crippen LogP contribution >= 0.6 is 0 Å². The smallest absolute Gasteiger partial charge is 0.123 e. The van der Waals surface area contributed by atoms with Gasteiger partial charge in [-0.3, -0.25) is 0 Å². The van der Waals surface area contributed by atoms with Crippen LogP contribution in [0, 0.1) is 11.7 Å². The van der Waals surface area contributed by atoms with Gasteiger partial charge in [0, 0.05) is 25.4 Å². The van der Waals surface area contributed by atoms with E-state index in [0.29, 0.717) is 12.5 Å². The number of imidazole rings is 1. The Bertz CT molecular complexity index is 561. The van der Waals surface area contributed by atoms with Gasteiger partial charge in [0.15, 0.2) is 0 Å². The Morgan fingerprint density at radius 2 is 2.15 bits per heavy atom. The summed E-state index contributed by atoms with van der Waals surface area (Å²) in [4.78, 5) is 4.33. The molecular formula is C16H22FN3. The Hall–Kier alpha value is -1.68. The number of nitrogens with one attached hydrogen (secondary N) is 1. The number of nitrogens with zero attached hydrogens (tertiary/aromatic N) is 2. The average Bonchev–Trinajstić information content (AvgIpc) is 2.86. The summed E-state index contributed by atoms with van der Waals surface area (Å²) in [6.45, 7) is 7.96. The second-order valence-electron chi connectivity index (χ2n) is 5.36. The van der Waals surface area contributed by atoms with E-state index in [2.05, 4.69) is 31.1 Å². The van der Waals surface area contributed by atoms with E-state index >= 15 is 0 Å². The molecule has 0 amide bonds. The van der Waals surface area contributed by atoms with Gasteiger partial charge >= 0.3 is 0 Å². The van der Waals surface area contributed by atoms with Crippen molar-refractivity contribution < 1.29 is 4.39 Å². The maximum Gasteiger partial charge on any atom is 0.123 e. The van der Waals surface area contributed by atoms with Gasteiger partial charge in [0.2, 0.25) is 0 Å². The molecule has 2 rings (SSSR count). The molecule has 0 radical (unpaired) electrons. The molecule has 20 heavy (non-hydrogen) atoms. The summed E-state index contributed by atoms with van der Waals surface area (Å²) < 4.78 is 15.5. The van der Waals surface area contributed by atoms with Crippen LogP contribution in [0.3, 0.4) is 0 Å². The van der Waals surface area contributed by atoms with E-state index in [1.807, 2.05) is 16.8 Å². The first-order valence-electron chi connectivity index (χ1n) is 7.13. The highest BCUT2D eigenvalue weighted by atomic mass is 19.1. The third-order valence-corrected chi connectivity index (χ3v) is 3.20. The van der Waals surface area contributed by atoms with Crippen LogP contribution in [-0.4, -0.2) is 16.1 Å². The van der Waals surface area contributed by atoms with Crippen molar-refractivity contribution in [2.75, 3.05) is 6.54 Å². The largest absolute Gasteiger partial charge is 0.312 e. The Kier molecular flexibility index (Phi) is 4.90. The molecule has 0 unspecified atom stereocenters. The molecule has 3 nitrogen and oxygen atoms in total. The first-order valence-corrected chi connectivity index (χ1v) is 7.13. The standard InChI is InChI=1S/C16H22FN3/c1-4-16-19-7-8-20(16)15-6-5-14(17)9-13(15)11-18-10-12(2)3/h5-9,12,18H,4,10-11H2,1-3H3. The van der Waals surface area contributed by atoms with Gasteiger partial charge in [-0.2, -0.15) is 0 Å². The molecule has 0 spiro atoms. The maximum absolute atomic E-state index is 13.5. The number of hydrogen-bond donors (Lipinski definition) is 1. The third-order valence-electron chi connectivity index (χ3n) is 3.20. The van der Waals surface area contributed by atoms with Crippen molar-refractivity contribution in [3.63, 3.8) is 0 Å². The van der Waals surface area contributed by atoms with E-state index in [0.717, 1.165) is 30.0 Å². The molecule has 1 aromatic carbocycles. The second-order valence-corrected chi connectivity index (χ2v) is 5.36. The first kappa shape index (κ1) is 14.7. The first-order chi connectivity index (χ1) is 9.61. The van der Waals surface area contributed by atoms with Gasteiger partial charge in [-0.25, -0.2) is 9.37 Å². The molecule has 0 atom stereocenters. The van der Waals surface area contributed by atoms with Crippen LogP contribution in [0.25, 0.3) is 5.69 Å². The average molecular weight is 275 g/mol. The minimum atomic E-state index is -0.201. The monoisotopic (exact) mass is 275 g/mol. The maximum atomic E-state index is 13.5. The van der Waals surface area contributed by atoms with Crippen LogP contribution in [0.15, 0.2) is 30.6 Å². The lowest BCUT2D eigenvalue weighted by Gasteiger charge is -2.14. The number of hydrogen-bond acceptors (Lipinski definition) is 2. The molecule has 0 saturated carbocycles. The predicted octanol–water partition coefficient (Wildman–Crippen LogP) is 3.32. The zero-order valence-corrected chi connectivity index (χ0v) is 12.4. The van der Waals surface area contributed by atoms with Crippen molar-refractivity contribution in [3.8, 4) is 5.69 Å².